The molecule has 0 aliphatic carbocycles. The van der Waals surface area contributed by atoms with Gasteiger partial charge in [-0.2, -0.15) is 13.2 Å². The van der Waals surface area contributed by atoms with Crippen LogP contribution in [0.15, 0.2) is 54.6 Å². The molecule has 1 atom stereocenters. The van der Waals surface area contributed by atoms with Crippen molar-refractivity contribution in [2.45, 2.75) is 19.2 Å². The van der Waals surface area contributed by atoms with E-state index in [0.29, 0.717) is 0 Å². The zero-order chi connectivity index (χ0) is 21.6. The molecule has 1 N–H and O–H groups in total. The number of rotatable bonds is 6. The number of hydrogen-bond acceptors (Lipinski definition) is 5. The van der Waals surface area contributed by atoms with Crippen LogP contribution >= 0.6 is 0 Å². The Morgan fingerprint density at radius 1 is 1.14 bits per heavy atom. The molecule has 0 aromatic heterocycles. The van der Waals surface area contributed by atoms with Gasteiger partial charge in [0, 0.05) is 12.1 Å². The lowest BCUT2D eigenvalue weighted by atomic mass is 10.1. The van der Waals surface area contributed by atoms with Crippen molar-refractivity contribution < 1.29 is 32.4 Å². The number of nitro benzene ring substituents is 1. The van der Waals surface area contributed by atoms with E-state index in [2.05, 4.69) is 5.32 Å². The van der Waals surface area contributed by atoms with Crippen molar-refractivity contribution in [2.75, 3.05) is 5.32 Å². The molecular weight excluding hydrogens is 393 g/mol. The highest BCUT2D eigenvalue weighted by Gasteiger charge is 2.34. The van der Waals surface area contributed by atoms with Crippen LogP contribution in [-0.2, 0) is 20.5 Å². The molecule has 152 valence electrons. The highest BCUT2D eigenvalue weighted by Crippen LogP contribution is 2.34. The summed E-state index contributed by atoms with van der Waals surface area (Å²) < 4.78 is 43.7. The fraction of sp³-hybridized carbons (Fsp3) is 0.158. The summed E-state index contributed by atoms with van der Waals surface area (Å²) >= 11 is 0. The van der Waals surface area contributed by atoms with Gasteiger partial charge in [0.05, 0.1) is 21.7 Å². The second-order valence-corrected chi connectivity index (χ2v) is 5.76. The summed E-state index contributed by atoms with van der Waals surface area (Å²) in [6, 6.07) is 10.0. The van der Waals surface area contributed by atoms with Gasteiger partial charge in [-0.3, -0.25) is 14.9 Å². The Morgan fingerprint density at radius 2 is 1.76 bits per heavy atom. The molecule has 0 saturated carbocycles. The molecule has 0 fully saturated rings. The van der Waals surface area contributed by atoms with E-state index in [4.69, 9.17) is 4.74 Å². The Labute approximate surface area is 162 Å². The second-order valence-electron chi connectivity index (χ2n) is 5.76. The van der Waals surface area contributed by atoms with E-state index in [0.717, 1.165) is 24.3 Å². The number of ether oxygens (including phenoxy) is 1. The van der Waals surface area contributed by atoms with Gasteiger partial charge in [-0.05, 0) is 31.2 Å². The van der Waals surface area contributed by atoms with Crippen LogP contribution in [0.3, 0.4) is 0 Å². The van der Waals surface area contributed by atoms with Gasteiger partial charge in [-0.1, -0.05) is 24.3 Å². The minimum atomic E-state index is -4.67. The molecule has 0 aliphatic rings. The van der Waals surface area contributed by atoms with Gasteiger partial charge in [0.15, 0.2) is 6.10 Å². The first-order valence-corrected chi connectivity index (χ1v) is 8.19. The van der Waals surface area contributed by atoms with E-state index in [1.807, 2.05) is 0 Å². The second kappa shape index (κ2) is 9.00. The number of hydrogen-bond donors (Lipinski definition) is 1. The maximum Gasteiger partial charge on any atom is 0.418 e. The first kappa shape index (κ1) is 21.6. The lowest BCUT2D eigenvalue weighted by molar-refractivity contribution is -0.385. The highest BCUT2D eigenvalue weighted by atomic mass is 19.4. The van der Waals surface area contributed by atoms with Crippen molar-refractivity contribution in [2.24, 2.45) is 0 Å². The molecule has 1 amide bonds. The predicted molar refractivity (Wildman–Crippen MR) is 97.8 cm³/mol. The minimum Gasteiger partial charge on any atom is -0.449 e. The first-order chi connectivity index (χ1) is 13.6. The number of benzene rings is 2. The predicted octanol–water partition coefficient (Wildman–Crippen LogP) is 4.20. The molecule has 0 aliphatic heterocycles. The Kier molecular flexibility index (Phi) is 6.71. The maximum absolute atomic E-state index is 13.0. The van der Waals surface area contributed by atoms with Crippen LogP contribution in [0, 0.1) is 10.1 Å². The molecule has 0 spiro atoms. The van der Waals surface area contributed by atoms with Crippen molar-refractivity contribution in [3.8, 4) is 0 Å². The molecule has 29 heavy (non-hydrogen) atoms. The molecule has 0 saturated heterocycles. The van der Waals surface area contributed by atoms with Gasteiger partial charge >= 0.3 is 12.1 Å². The number of esters is 1. The van der Waals surface area contributed by atoms with Gasteiger partial charge in [0.2, 0.25) is 0 Å². The molecule has 0 heterocycles. The smallest absolute Gasteiger partial charge is 0.418 e. The van der Waals surface area contributed by atoms with Crippen molar-refractivity contribution >= 4 is 29.3 Å². The Balaban J connectivity index is 2.04. The number of nitrogens with one attached hydrogen (secondary N) is 1. The molecular formula is C19H15F3N2O5. The third-order valence-corrected chi connectivity index (χ3v) is 3.68. The minimum absolute atomic E-state index is 0.144. The highest BCUT2D eigenvalue weighted by molar-refractivity contribution is 5.97. The third kappa shape index (κ3) is 5.89. The SMILES string of the molecule is CC(OC(=O)/C=C/c1ccccc1[N+](=O)[O-])C(=O)Nc1ccccc1C(F)(F)F. The van der Waals surface area contributed by atoms with Crippen molar-refractivity contribution in [3.05, 3.63) is 75.8 Å². The van der Waals surface area contributed by atoms with E-state index in [1.54, 1.807) is 0 Å². The monoisotopic (exact) mass is 408 g/mol. The van der Waals surface area contributed by atoms with Crippen molar-refractivity contribution in [1.82, 2.24) is 0 Å². The maximum atomic E-state index is 13.0. The van der Waals surface area contributed by atoms with Crippen LogP contribution in [0.4, 0.5) is 24.5 Å². The fourth-order valence-corrected chi connectivity index (χ4v) is 2.29. The van der Waals surface area contributed by atoms with Gasteiger partial charge in [0.25, 0.3) is 11.6 Å². The zero-order valence-corrected chi connectivity index (χ0v) is 15.0. The van der Waals surface area contributed by atoms with Crippen LogP contribution in [0.1, 0.15) is 18.1 Å². The molecule has 2 rings (SSSR count). The molecule has 0 bridgehead atoms. The molecule has 10 heteroatoms. The van der Waals surface area contributed by atoms with Crippen molar-refractivity contribution in [1.29, 1.82) is 0 Å². The number of halogens is 3. The van der Waals surface area contributed by atoms with Crippen LogP contribution in [0.2, 0.25) is 0 Å². The lowest BCUT2D eigenvalue weighted by Crippen LogP contribution is -2.30. The average molecular weight is 408 g/mol. The van der Waals surface area contributed by atoms with Crippen LogP contribution in [-0.4, -0.2) is 22.9 Å². The summed E-state index contributed by atoms with van der Waals surface area (Å²) in [6.07, 6.45) is -4.05. The lowest BCUT2D eigenvalue weighted by Gasteiger charge is -2.16. The first-order valence-electron chi connectivity index (χ1n) is 8.19. The number of nitrogens with zero attached hydrogens (tertiary/aromatic N) is 1. The number of carbonyl (C=O) groups is 2. The number of nitro groups is 1. The number of amides is 1. The Hall–Kier alpha value is -3.69. The quantitative estimate of drug-likeness (QED) is 0.334. The largest absolute Gasteiger partial charge is 0.449 e. The fourth-order valence-electron chi connectivity index (χ4n) is 2.29. The number of carbonyl (C=O) groups excluding carboxylic acids is 2. The zero-order valence-electron chi connectivity index (χ0n) is 15.0. The summed E-state index contributed by atoms with van der Waals surface area (Å²) in [5, 5.41) is 13.0. The van der Waals surface area contributed by atoms with E-state index in [1.165, 1.54) is 43.3 Å². The average Bonchev–Trinajstić information content (AvgIpc) is 2.66. The van der Waals surface area contributed by atoms with Crippen molar-refractivity contribution in [3.63, 3.8) is 0 Å². The van der Waals surface area contributed by atoms with Crippen LogP contribution < -0.4 is 5.32 Å². The third-order valence-electron chi connectivity index (χ3n) is 3.68. The molecule has 7 nitrogen and oxygen atoms in total. The number of alkyl halides is 3. The summed E-state index contributed by atoms with van der Waals surface area (Å²) in [5.74, 6) is -1.95. The Morgan fingerprint density at radius 3 is 2.41 bits per heavy atom. The summed E-state index contributed by atoms with van der Waals surface area (Å²) in [4.78, 5) is 34.2. The normalized spacial score (nSPS) is 12.4. The number of anilines is 1. The summed E-state index contributed by atoms with van der Waals surface area (Å²) in [6.45, 7) is 1.18. The van der Waals surface area contributed by atoms with E-state index in [-0.39, 0.29) is 11.3 Å². The molecule has 0 radical (unpaired) electrons. The van der Waals surface area contributed by atoms with Crippen LogP contribution in [0.25, 0.3) is 6.08 Å². The van der Waals surface area contributed by atoms with Gasteiger partial charge < -0.3 is 10.1 Å². The van der Waals surface area contributed by atoms with E-state index < -0.39 is 40.3 Å². The van der Waals surface area contributed by atoms with Gasteiger partial charge in [-0.25, -0.2) is 4.79 Å². The summed E-state index contributed by atoms with van der Waals surface area (Å²) in [7, 11) is 0. The molecule has 1 unspecified atom stereocenters. The van der Waals surface area contributed by atoms with E-state index in [9.17, 15) is 32.9 Å². The standard InChI is InChI=1S/C19H15F3N2O5/c1-12(18(26)23-15-8-4-3-7-14(15)19(20,21)22)29-17(25)11-10-13-6-2-5-9-16(13)24(27)28/h2-12H,1H3,(H,23,26)/b11-10+. The topological polar surface area (TPSA) is 98.5 Å². The van der Waals surface area contributed by atoms with Crippen LogP contribution in [0.5, 0.6) is 0 Å². The number of para-hydroxylation sites is 2. The Bertz CT molecular complexity index is 957. The van der Waals surface area contributed by atoms with Gasteiger partial charge in [0.1, 0.15) is 0 Å². The molecule has 2 aromatic carbocycles. The van der Waals surface area contributed by atoms with E-state index >= 15 is 0 Å². The molecule has 2 aromatic rings. The van der Waals surface area contributed by atoms with Gasteiger partial charge in [-0.15, -0.1) is 0 Å². The summed E-state index contributed by atoms with van der Waals surface area (Å²) in [5.41, 5.74) is -1.59.